The van der Waals surface area contributed by atoms with Gasteiger partial charge in [-0.15, -0.1) is 0 Å². The maximum Gasteiger partial charge on any atom is 0.319 e. The first kappa shape index (κ1) is 20.8. The highest BCUT2D eigenvalue weighted by Crippen LogP contribution is 2.18. The van der Waals surface area contributed by atoms with Crippen LogP contribution in [0.1, 0.15) is 30.9 Å². The number of fused-ring (bicyclic) bond motifs is 1. The van der Waals surface area contributed by atoms with Gasteiger partial charge in [0.15, 0.2) is 11.5 Å². The van der Waals surface area contributed by atoms with Crippen molar-refractivity contribution in [1.29, 1.82) is 0 Å². The van der Waals surface area contributed by atoms with E-state index in [0.717, 1.165) is 24.1 Å². The van der Waals surface area contributed by atoms with Crippen molar-refractivity contribution in [2.45, 2.75) is 46.2 Å². The summed E-state index contributed by atoms with van der Waals surface area (Å²) in [5.74, 6) is 0.459. The fourth-order valence-electron chi connectivity index (χ4n) is 3.97. The molecule has 1 fully saturated rings. The molecule has 0 radical (unpaired) electrons. The molecule has 0 aliphatic carbocycles. The molecule has 162 valence electrons. The van der Waals surface area contributed by atoms with E-state index in [-0.39, 0.29) is 17.6 Å². The van der Waals surface area contributed by atoms with Crippen LogP contribution in [-0.2, 0) is 6.54 Å². The van der Waals surface area contributed by atoms with Gasteiger partial charge < -0.3 is 15.5 Å². The lowest BCUT2D eigenvalue weighted by Crippen LogP contribution is -2.47. The van der Waals surface area contributed by atoms with Gasteiger partial charge in [-0.25, -0.2) is 14.8 Å². The molecule has 2 amide bonds. The van der Waals surface area contributed by atoms with Gasteiger partial charge >= 0.3 is 6.03 Å². The standard InChI is InChI=1S/C23H28N6O2/c1-4-29-20-19(6-5-11-24-20)27-21(22(29)30)28-12-9-17(10-13-28)25-23(31)26-18-8-7-15(2)16(3)14-18/h5-8,11,14,17H,4,9-10,12-13H2,1-3H3,(H2,25,26,31). The van der Waals surface area contributed by atoms with Gasteiger partial charge in [-0.2, -0.15) is 0 Å². The first-order valence-electron chi connectivity index (χ1n) is 10.7. The maximum atomic E-state index is 13.0. The summed E-state index contributed by atoms with van der Waals surface area (Å²) < 4.78 is 1.67. The number of hydrogen-bond donors (Lipinski definition) is 2. The summed E-state index contributed by atoms with van der Waals surface area (Å²) in [7, 11) is 0. The Morgan fingerprint density at radius 3 is 2.65 bits per heavy atom. The van der Waals surface area contributed by atoms with Crippen LogP contribution < -0.4 is 21.1 Å². The summed E-state index contributed by atoms with van der Waals surface area (Å²) in [5.41, 5.74) is 4.32. The number of nitrogens with zero attached hydrogens (tertiary/aromatic N) is 4. The number of piperidine rings is 1. The molecule has 0 saturated carbocycles. The average Bonchev–Trinajstić information content (AvgIpc) is 2.76. The lowest BCUT2D eigenvalue weighted by atomic mass is 10.1. The van der Waals surface area contributed by atoms with Crippen molar-refractivity contribution in [3.05, 3.63) is 58.0 Å². The van der Waals surface area contributed by atoms with Crippen LogP contribution in [-0.4, -0.2) is 39.7 Å². The van der Waals surface area contributed by atoms with Gasteiger partial charge in [-0.3, -0.25) is 9.36 Å². The molecule has 8 nitrogen and oxygen atoms in total. The van der Waals surface area contributed by atoms with Crippen LogP contribution in [0.4, 0.5) is 16.3 Å². The number of rotatable bonds is 4. The fraction of sp³-hybridized carbons (Fsp3) is 0.391. The molecular weight excluding hydrogens is 392 g/mol. The van der Waals surface area contributed by atoms with Crippen LogP contribution in [0.15, 0.2) is 41.3 Å². The minimum absolute atomic E-state index is 0.0540. The number of aryl methyl sites for hydroxylation is 3. The Bertz CT molecular complexity index is 1160. The summed E-state index contributed by atoms with van der Waals surface area (Å²) in [6.07, 6.45) is 3.17. The van der Waals surface area contributed by atoms with Gasteiger partial charge in [-0.05, 0) is 69.0 Å². The van der Waals surface area contributed by atoms with Crippen molar-refractivity contribution in [2.75, 3.05) is 23.3 Å². The predicted octanol–water partition coefficient (Wildman–Crippen LogP) is 3.22. The van der Waals surface area contributed by atoms with Gasteiger partial charge in [0.05, 0.1) is 0 Å². The largest absolute Gasteiger partial charge is 0.352 e. The van der Waals surface area contributed by atoms with E-state index >= 15 is 0 Å². The van der Waals surface area contributed by atoms with E-state index in [9.17, 15) is 9.59 Å². The van der Waals surface area contributed by atoms with Crippen LogP contribution in [0.25, 0.3) is 11.2 Å². The second kappa shape index (κ2) is 8.75. The Balaban J connectivity index is 1.41. The van der Waals surface area contributed by atoms with Crippen molar-refractivity contribution < 1.29 is 4.79 Å². The number of amides is 2. The van der Waals surface area contributed by atoms with Crippen molar-refractivity contribution in [2.24, 2.45) is 0 Å². The number of pyridine rings is 1. The third-order valence-corrected chi connectivity index (χ3v) is 5.90. The van der Waals surface area contributed by atoms with E-state index in [2.05, 4.69) is 20.6 Å². The summed E-state index contributed by atoms with van der Waals surface area (Å²) in [5, 5.41) is 5.96. The van der Waals surface area contributed by atoms with Crippen molar-refractivity contribution in [3.8, 4) is 0 Å². The number of carbonyl (C=O) groups excluding carboxylic acids is 1. The molecule has 0 unspecified atom stereocenters. The third-order valence-electron chi connectivity index (χ3n) is 5.90. The SMILES string of the molecule is CCn1c(=O)c(N2CCC(NC(=O)Nc3ccc(C)c(C)c3)CC2)nc2cccnc21. The summed E-state index contributed by atoms with van der Waals surface area (Å²) in [6, 6.07) is 9.43. The molecule has 8 heteroatoms. The summed E-state index contributed by atoms with van der Waals surface area (Å²) in [6.45, 7) is 7.86. The lowest BCUT2D eigenvalue weighted by molar-refractivity contribution is 0.246. The Morgan fingerprint density at radius 2 is 1.94 bits per heavy atom. The zero-order valence-electron chi connectivity index (χ0n) is 18.2. The number of anilines is 2. The molecule has 1 aliphatic heterocycles. The molecule has 1 aromatic carbocycles. The normalized spacial score (nSPS) is 14.6. The number of aromatic nitrogens is 3. The van der Waals surface area contributed by atoms with Gasteiger partial charge in [0.2, 0.25) is 0 Å². The van der Waals surface area contributed by atoms with E-state index < -0.39 is 0 Å². The molecule has 1 saturated heterocycles. The highest BCUT2D eigenvalue weighted by Gasteiger charge is 2.24. The molecular formula is C23H28N6O2. The number of benzene rings is 1. The summed E-state index contributed by atoms with van der Waals surface area (Å²) >= 11 is 0. The smallest absolute Gasteiger partial charge is 0.319 e. The Morgan fingerprint density at radius 1 is 1.16 bits per heavy atom. The molecule has 0 bridgehead atoms. The van der Waals surface area contributed by atoms with Crippen molar-refractivity contribution in [1.82, 2.24) is 19.9 Å². The van der Waals surface area contributed by atoms with Gasteiger partial charge in [0, 0.05) is 37.6 Å². The number of nitrogens with one attached hydrogen (secondary N) is 2. The highest BCUT2D eigenvalue weighted by molar-refractivity contribution is 5.89. The van der Waals surface area contributed by atoms with Crippen LogP contribution in [0.3, 0.4) is 0 Å². The predicted molar refractivity (Wildman–Crippen MR) is 123 cm³/mol. The fourth-order valence-corrected chi connectivity index (χ4v) is 3.97. The van der Waals surface area contributed by atoms with Gasteiger partial charge in [0.1, 0.15) is 5.52 Å². The van der Waals surface area contributed by atoms with Gasteiger partial charge in [-0.1, -0.05) is 6.07 Å². The van der Waals surface area contributed by atoms with E-state index in [1.807, 2.05) is 56.0 Å². The first-order chi connectivity index (χ1) is 15.0. The van der Waals surface area contributed by atoms with Crippen LogP contribution in [0.5, 0.6) is 0 Å². The minimum atomic E-state index is -0.204. The van der Waals surface area contributed by atoms with Crippen molar-refractivity contribution in [3.63, 3.8) is 0 Å². The highest BCUT2D eigenvalue weighted by atomic mass is 16.2. The van der Waals surface area contributed by atoms with E-state index in [0.29, 0.717) is 36.6 Å². The number of hydrogen-bond acceptors (Lipinski definition) is 5. The monoisotopic (exact) mass is 420 g/mol. The quantitative estimate of drug-likeness (QED) is 0.676. The van der Waals surface area contributed by atoms with Crippen LogP contribution in [0.2, 0.25) is 0 Å². The van der Waals surface area contributed by atoms with E-state index in [1.165, 1.54) is 5.56 Å². The molecule has 2 N–H and O–H groups in total. The van der Waals surface area contributed by atoms with Crippen LogP contribution >= 0.6 is 0 Å². The minimum Gasteiger partial charge on any atom is -0.352 e. The Kier molecular flexibility index (Phi) is 5.88. The van der Waals surface area contributed by atoms with Crippen molar-refractivity contribution >= 4 is 28.7 Å². The molecule has 0 atom stereocenters. The molecule has 1 aliphatic rings. The molecule has 2 aromatic heterocycles. The molecule has 31 heavy (non-hydrogen) atoms. The maximum absolute atomic E-state index is 13.0. The zero-order chi connectivity index (χ0) is 22.0. The zero-order valence-corrected chi connectivity index (χ0v) is 18.2. The Labute approximate surface area is 181 Å². The van der Waals surface area contributed by atoms with E-state index in [1.54, 1.807) is 10.8 Å². The molecule has 3 aromatic rings. The molecule has 3 heterocycles. The molecule has 0 spiro atoms. The Hall–Kier alpha value is -3.42. The first-order valence-corrected chi connectivity index (χ1v) is 10.7. The van der Waals surface area contributed by atoms with Gasteiger partial charge in [0.25, 0.3) is 5.56 Å². The second-order valence-corrected chi connectivity index (χ2v) is 7.99. The second-order valence-electron chi connectivity index (χ2n) is 7.99. The number of carbonyl (C=O) groups is 1. The number of urea groups is 1. The topological polar surface area (TPSA) is 92.2 Å². The van der Waals surface area contributed by atoms with Crippen LogP contribution in [0, 0.1) is 13.8 Å². The van der Waals surface area contributed by atoms with E-state index in [4.69, 9.17) is 0 Å². The molecule has 4 rings (SSSR count). The average molecular weight is 421 g/mol. The lowest BCUT2D eigenvalue weighted by Gasteiger charge is -2.33. The third kappa shape index (κ3) is 4.38. The summed E-state index contributed by atoms with van der Waals surface area (Å²) in [4.78, 5) is 36.3.